The Morgan fingerprint density at radius 2 is 1.76 bits per heavy atom. The van der Waals surface area contributed by atoms with Crippen LogP contribution in [0.4, 0.5) is 5.69 Å². The van der Waals surface area contributed by atoms with Gasteiger partial charge in [-0.1, -0.05) is 23.7 Å². The molecule has 0 bridgehead atoms. The highest BCUT2D eigenvalue weighted by Crippen LogP contribution is 2.28. The van der Waals surface area contributed by atoms with Gasteiger partial charge in [0.25, 0.3) is 5.91 Å². The predicted molar refractivity (Wildman–Crippen MR) is 116 cm³/mol. The highest BCUT2D eigenvalue weighted by Gasteiger charge is 2.24. The number of sulfonamides is 1. The van der Waals surface area contributed by atoms with Crippen LogP contribution in [-0.2, 0) is 16.4 Å². The largest absolute Gasteiger partial charge is 0.371 e. The average molecular weight is 436 g/mol. The van der Waals surface area contributed by atoms with Crippen molar-refractivity contribution in [2.45, 2.75) is 24.2 Å². The Hall–Kier alpha value is -2.09. The molecule has 156 valence electrons. The first-order chi connectivity index (χ1) is 13.8. The van der Waals surface area contributed by atoms with Gasteiger partial charge in [-0.2, -0.15) is 0 Å². The first-order valence-electron chi connectivity index (χ1n) is 9.63. The zero-order chi connectivity index (χ0) is 21.0. The minimum Gasteiger partial charge on any atom is -0.371 e. The van der Waals surface area contributed by atoms with Crippen molar-refractivity contribution < 1.29 is 13.2 Å². The van der Waals surface area contributed by atoms with Crippen molar-refractivity contribution in [1.29, 1.82) is 0 Å². The summed E-state index contributed by atoms with van der Waals surface area (Å²) >= 11 is 5.90. The number of halogens is 1. The van der Waals surface area contributed by atoms with Gasteiger partial charge in [-0.25, -0.2) is 12.7 Å². The molecule has 0 spiro atoms. The number of anilines is 1. The van der Waals surface area contributed by atoms with E-state index in [1.165, 1.54) is 20.2 Å². The lowest BCUT2D eigenvalue weighted by Crippen LogP contribution is -2.30. The number of carbonyl (C=O) groups excluding carboxylic acids is 1. The molecule has 8 heteroatoms. The summed E-state index contributed by atoms with van der Waals surface area (Å²) in [6, 6.07) is 12.3. The molecule has 0 aromatic heterocycles. The first-order valence-corrected chi connectivity index (χ1v) is 11.4. The number of amides is 1. The Morgan fingerprint density at radius 1 is 1.10 bits per heavy atom. The molecule has 0 unspecified atom stereocenters. The van der Waals surface area contributed by atoms with Gasteiger partial charge in [0.15, 0.2) is 0 Å². The van der Waals surface area contributed by atoms with Gasteiger partial charge < -0.3 is 10.2 Å². The van der Waals surface area contributed by atoms with Gasteiger partial charge in [0.05, 0.1) is 10.5 Å². The fourth-order valence-corrected chi connectivity index (χ4v) is 4.42. The van der Waals surface area contributed by atoms with Crippen LogP contribution >= 0.6 is 11.6 Å². The molecule has 1 N–H and O–H groups in total. The summed E-state index contributed by atoms with van der Waals surface area (Å²) in [6.07, 6.45) is 2.79. The van der Waals surface area contributed by atoms with Crippen LogP contribution in [0.15, 0.2) is 47.4 Å². The molecule has 0 saturated carbocycles. The quantitative estimate of drug-likeness (QED) is 0.725. The molecule has 1 aliphatic rings. The molecule has 1 fully saturated rings. The van der Waals surface area contributed by atoms with Gasteiger partial charge in [0.2, 0.25) is 10.0 Å². The van der Waals surface area contributed by atoms with E-state index in [2.05, 4.69) is 10.2 Å². The lowest BCUT2D eigenvalue weighted by Gasteiger charge is -2.22. The van der Waals surface area contributed by atoms with E-state index in [9.17, 15) is 13.2 Å². The molecule has 3 rings (SSSR count). The van der Waals surface area contributed by atoms with E-state index in [1.54, 1.807) is 12.1 Å². The van der Waals surface area contributed by atoms with E-state index in [4.69, 9.17) is 11.6 Å². The Bertz CT molecular complexity index is 969. The Balaban J connectivity index is 1.81. The topological polar surface area (TPSA) is 69.7 Å². The van der Waals surface area contributed by atoms with Gasteiger partial charge in [0, 0.05) is 44.4 Å². The molecule has 1 aliphatic heterocycles. The van der Waals surface area contributed by atoms with Gasteiger partial charge in [-0.15, -0.1) is 0 Å². The van der Waals surface area contributed by atoms with E-state index in [1.807, 2.05) is 24.3 Å². The van der Waals surface area contributed by atoms with Crippen molar-refractivity contribution in [3.8, 4) is 0 Å². The van der Waals surface area contributed by atoms with Gasteiger partial charge in [-0.05, 0) is 55.2 Å². The average Bonchev–Trinajstić information content (AvgIpc) is 3.23. The maximum absolute atomic E-state index is 12.9. The van der Waals surface area contributed by atoms with Gasteiger partial charge in [-0.3, -0.25) is 4.79 Å². The van der Waals surface area contributed by atoms with E-state index in [-0.39, 0.29) is 10.8 Å². The van der Waals surface area contributed by atoms with E-state index in [0.717, 1.165) is 41.5 Å². The first kappa shape index (κ1) is 21.6. The third kappa shape index (κ3) is 5.10. The maximum Gasteiger partial charge on any atom is 0.253 e. The molecule has 0 radical (unpaired) electrons. The van der Waals surface area contributed by atoms with Crippen molar-refractivity contribution >= 4 is 33.2 Å². The Kier molecular flexibility index (Phi) is 6.82. The molecule has 0 atom stereocenters. The number of carbonyl (C=O) groups is 1. The van der Waals surface area contributed by atoms with Crippen LogP contribution in [0.5, 0.6) is 0 Å². The van der Waals surface area contributed by atoms with Crippen LogP contribution in [0.1, 0.15) is 28.8 Å². The number of benzene rings is 2. The third-order valence-corrected chi connectivity index (χ3v) is 7.11. The normalized spacial score (nSPS) is 14.4. The Morgan fingerprint density at radius 3 is 2.38 bits per heavy atom. The summed E-state index contributed by atoms with van der Waals surface area (Å²) in [5, 5.41) is 3.60. The number of hydrogen-bond acceptors (Lipinski definition) is 4. The zero-order valence-electron chi connectivity index (χ0n) is 16.7. The fourth-order valence-electron chi connectivity index (χ4n) is 3.37. The van der Waals surface area contributed by atoms with Gasteiger partial charge in [0.1, 0.15) is 0 Å². The highest BCUT2D eigenvalue weighted by molar-refractivity contribution is 7.89. The predicted octanol–water partition coefficient (Wildman–Crippen LogP) is 3.16. The van der Waals surface area contributed by atoms with Crippen LogP contribution in [0.3, 0.4) is 0 Å². The van der Waals surface area contributed by atoms with Crippen LogP contribution < -0.4 is 10.2 Å². The number of rotatable bonds is 7. The second-order valence-electron chi connectivity index (χ2n) is 7.29. The van der Waals surface area contributed by atoms with Crippen molar-refractivity contribution in [3.05, 3.63) is 58.6 Å². The summed E-state index contributed by atoms with van der Waals surface area (Å²) in [4.78, 5) is 15.2. The van der Waals surface area contributed by atoms with Gasteiger partial charge >= 0.3 is 0 Å². The molecule has 29 heavy (non-hydrogen) atoms. The molecular weight excluding hydrogens is 410 g/mol. The summed E-state index contributed by atoms with van der Waals surface area (Å²) in [5.41, 5.74) is 2.24. The molecule has 2 aromatic carbocycles. The lowest BCUT2D eigenvalue weighted by molar-refractivity contribution is 0.0954. The number of nitrogens with one attached hydrogen (secondary N) is 1. The minimum absolute atomic E-state index is 0.119. The van der Waals surface area contributed by atoms with Crippen molar-refractivity contribution in [2.75, 3.05) is 38.6 Å². The lowest BCUT2D eigenvalue weighted by atomic mass is 10.1. The second kappa shape index (κ2) is 9.15. The molecule has 1 saturated heterocycles. The smallest absolute Gasteiger partial charge is 0.253 e. The number of nitrogens with zero attached hydrogens (tertiary/aromatic N) is 2. The van der Waals surface area contributed by atoms with Crippen LogP contribution in [0, 0.1) is 0 Å². The standard InChI is InChI=1S/C21H26ClN3O3S/c1-24(2)29(27,28)18-9-10-20(25-13-3-4-14-25)19(15-18)21(26)23-12-11-16-5-7-17(22)8-6-16/h5-10,15H,3-4,11-14H2,1-2H3,(H,23,26). The molecule has 1 amide bonds. The monoisotopic (exact) mass is 435 g/mol. The fraction of sp³-hybridized carbons (Fsp3) is 0.381. The van der Waals surface area contributed by atoms with Crippen LogP contribution in [-0.4, -0.2) is 52.4 Å². The summed E-state index contributed by atoms with van der Waals surface area (Å²) in [7, 11) is -0.655. The molecule has 2 aromatic rings. The van der Waals surface area contributed by atoms with Crippen molar-refractivity contribution in [3.63, 3.8) is 0 Å². The third-order valence-electron chi connectivity index (χ3n) is 5.05. The second-order valence-corrected chi connectivity index (χ2v) is 9.88. The summed E-state index contributed by atoms with van der Waals surface area (Å²) in [5.74, 6) is -0.267. The highest BCUT2D eigenvalue weighted by atomic mass is 35.5. The van der Waals surface area contributed by atoms with E-state index >= 15 is 0 Å². The molecule has 1 heterocycles. The van der Waals surface area contributed by atoms with E-state index in [0.29, 0.717) is 23.6 Å². The van der Waals surface area contributed by atoms with Crippen LogP contribution in [0.25, 0.3) is 0 Å². The minimum atomic E-state index is -3.62. The zero-order valence-corrected chi connectivity index (χ0v) is 18.3. The van der Waals surface area contributed by atoms with Crippen LogP contribution in [0.2, 0.25) is 5.02 Å². The molecule has 0 aliphatic carbocycles. The SMILES string of the molecule is CN(C)S(=O)(=O)c1ccc(N2CCCC2)c(C(=O)NCCc2ccc(Cl)cc2)c1. The maximum atomic E-state index is 12.9. The van der Waals surface area contributed by atoms with Crippen molar-refractivity contribution in [2.24, 2.45) is 0 Å². The summed E-state index contributed by atoms with van der Waals surface area (Å²) < 4.78 is 26.2. The van der Waals surface area contributed by atoms with E-state index < -0.39 is 10.0 Å². The molecule has 6 nitrogen and oxygen atoms in total. The molecular formula is C21H26ClN3O3S. The summed E-state index contributed by atoms with van der Waals surface area (Å²) in [6.45, 7) is 2.18. The Labute approximate surface area is 177 Å². The van der Waals surface area contributed by atoms with Crippen molar-refractivity contribution in [1.82, 2.24) is 9.62 Å². The number of hydrogen-bond donors (Lipinski definition) is 1.